The summed E-state index contributed by atoms with van der Waals surface area (Å²) in [5.41, 5.74) is 0.0447. The largest absolute Gasteiger partial charge is 0.477 e. The molecule has 3 atom stereocenters. The van der Waals surface area contributed by atoms with Crippen molar-refractivity contribution in [2.24, 2.45) is 0 Å². The molecule has 6 nitrogen and oxygen atoms in total. The molecule has 3 rings (SSSR count). The second-order valence-electron chi connectivity index (χ2n) is 4.98. The summed E-state index contributed by atoms with van der Waals surface area (Å²) in [4.78, 5) is 18.8. The van der Waals surface area contributed by atoms with Crippen LogP contribution in [0.2, 0.25) is 5.28 Å². The third kappa shape index (κ3) is 2.64. The summed E-state index contributed by atoms with van der Waals surface area (Å²) in [6.07, 6.45) is 5.70. The van der Waals surface area contributed by atoms with Crippen LogP contribution in [0.15, 0.2) is 6.20 Å². The van der Waals surface area contributed by atoms with E-state index in [1.807, 2.05) is 0 Å². The molecule has 0 radical (unpaired) electrons. The molecule has 2 aliphatic heterocycles. The minimum atomic E-state index is -1.06. The van der Waals surface area contributed by atoms with Gasteiger partial charge >= 0.3 is 5.97 Å². The molecule has 0 aliphatic carbocycles. The first kappa shape index (κ1) is 12.6. The Morgan fingerprint density at radius 2 is 2.11 bits per heavy atom. The van der Waals surface area contributed by atoms with E-state index in [4.69, 9.17) is 21.4 Å². The number of carbonyl (C=O) groups is 1. The van der Waals surface area contributed by atoms with Gasteiger partial charge in [0.2, 0.25) is 5.28 Å². The first-order valence-electron chi connectivity index (χ1n) is 6.29. The van der Waals surface area contributed by atoms with Crippen LogP contribution in [0, 0.1) is 0 Å². The number of halogens is 1. The van der Waals surface area contributed by atoms with E-state index < -0.39 is 5.97 Å². The number of aromatic carboxylic acids is 1. The zero-order valence-electron chi connectivity index (χ0n) is 10.2. The van der Waals surface area contributed by atoms with E-state index in [2.05, 4.69) is 15.3 Å². The molecule has 19 heavy (non-hydrogen) atoms. The molecular formula is C12H14ClN3O3. The van der Waals surface area contributed by atoms with Crippen molar-refractivity contribution in [3.05, 3.63) is 17.0 Å². The minimum absolute atomic E-state index is 0.0440. The van der Waals surface area contributed by atoms with Crippen LogP contribution in [0.4, 0.5) is 5.82 Å². The number of carboxylic acid groups (broad SMARTS) is 1. The van der Waals surface area contributed by atoms with E-state index in [1.165, 1.54) is 6.20 Å². The first-order valence-corrected chi connectivity index (χ1v) is 6.67. The van der Waals surface area contributed by atoms with Gasteiger partial charge in [-0.3, -0.25) is 0 Å². The van der Waals surface area contributed by atoms with Crippen LogP contribution >= 0.6 is 11.6 Å². The third-order valence-electron chi connectivity index (χ3n) is 3.62. The molecule has 0 saturated carbocycles. The zero-order valence-corrected chi connectivity index (χ0v) is 10.9. The molecule has 1 unspecified atom stereocenters. The van der Waals surface area contributed by atoms with Gasteiger partial charge in [0, 0.05) is 12.2 Å². The summed E-state index contributed by atoms with van der Waals surface area (Å²) in [5.74, 6) is -0.770. The Labute approximate surface area is 115 Å². The molecular weight excluding hydrogens is 270 g/mol. The molecule has 1 aromatic heterocycles. The van der Waals surface area contributed by atoms with Gasteiger partial charge in [0.15, 0.2) is 0 Å². The minimum Gasteiger partial charge on any atom is -0.477 e. The normalized spacial score (nSPS) is 29.2. The summed E-state index contributed by atoms with van der Waals surface area (Å²) >= 11 is 5.73. The van der Waals surface area contributed by atoms with Gasteiger partial charge in [-0.1, -0.05) is 0 Å². The molecule has 2 aliphatic rings. The number of ether oxygens (including phenoxy) is 1. The lowest BCUT2D eigenvalue weighted by molar-refractivity contribution is 0.000649. The van der Waals surface area contributed by atoms with Crippen LogP contribution in [0.1, 0.15) is 36.0 Å². The highest BCUT2D eigenvalue weighted by Crippen LogP contribution is 2.34. The maximum absolute atomic E-state index is 11.1. The Morgan fingerprint density at radius 1 is 1.42 bits per heavy atom. The van der Waals surface area contributed by atoms with Crippen molar-refractivity contribution in [3.63, 3.8) is 0 Å². The smallest absolute Gasteiger partial charge is 0.341 e. The Hall–Kier alpha value is -1.40. The fraction of sp³-hybridized carbons (Fsp3) is 0.583. The average Bonchev–Trinajstić information content (AvgIpc) is 2.68. The lowest BCUT2D eigenvalue weighted by atomic mass is 10.0. The van der Waals surface area contributed by atoms with Crippen LogP contribution in [0.5, 0.6) is 0 Å². The maximum Gasteiger partial charge on any atom is 0.341 e. The quantitative estimate of drug-likeness (QED) is 0.825. The summed E-state index contributed by atoms with van der Waals surface area (Å²) in [6.45, 7) is 0. The fourth-order valence-electron chi connectivity index (χ4n) is 2.80. The number of fused-ring (bicyclic) bond motifs is 2. The van der Waals surface area contributed by atoms with Crippen molar-refractivity contribution >= 4 is 23.4 Å². The molecule has 0 amide bonds. The third-order valence-corrected chi connectivity index (χ3v) is 3.80. The zero-order chi connectivity index (χ0) is 13.4. The molecule has 2 N–H and O–H groups in total. The number of nitrogens with one attached hydrogen (secondary N) is 1. The number of hydrogen-bond acceptors (Lipinski definition) is 5. The van der Waals surface area contributed by atoms with Gasteiger partial charge in [0.25, 0.3) is 0 Å². The maximum atomic E-state index is 11.1. The Morgan fingerprint density at radius 3 is 2.74 bits per heavy atom. The van der Waals surface area contributed by atoms with Crippen LogP contribution < -0.4 is 5.32 Å². The summed E-state index contributed by atoms with van der Waals surface area (Å²) in [6, 6.07) is 0.176. The number of rotatable bonds is 3. The number of nitrogens with zero attached hydrogens (tertiary/aromatic N) is 2. The van der Waals surface area contributed by atoms with Crippen molar-refractivity contribution in [3.8, 4) is 0 Å². The summed E-state index contributed by atoms with van der Waals surface area (Å²) < 4.78 is 5.75. The predicted octanol–water partition coefficient (Wildman–Crippen LogP) is 1.95. The standard InChI is InChI=1S/C12H14ClN3O3/c13-12-14-5-9(11(17)18)10(16-12)15-6-3-7-1-2-8(4-6)19-7/h5-8H,1-4H2,(H,17,18)(H,14,15,16)/t6?,7-,8+. The molecule has 2 fully saturated rings. The topological polar surface area (TPSA) is 84.3 Å². The van der Waals surface area contributed by atoms with E-state index in [0.717, 1.165) is 25.7 Å². The number of aromatic nitrogens is 2. The van der Waals surface area contributed by atoms with Crippen molar-refractivity contribution in [2.45, 2.75) is 43.9 Å². The van der Waals surface area contributed by atoms with Crippen LogP contribution in [-0.4, -0.2) is 39.3 Å². The Balaban J connectivity index is 1.79. The Bertz CT molecular complexity index is 499. The molecule has 0 spiro atoms. The molecule has 0 aromatic carbocycles. The van der Waals surface area contributed by atoms with E-state index in [-0.39, 0.29) is 29.1 Å². The molecule has 1 aromatic rings. The molecule has 102 valence electrons. The van der Waals surface area contributed by atoms with Crippen LogP contribution in [0.3, 0.4) is 0 Å². The van der Waals surface area contributed by atoms with Crippen molar-refractivity contribution in [1.82, 2.24) is 9.97 Å². The highest BCUT2D eigenvalue weighted by Gasteiger charge is 2.35. The summed E-state index contributed by atoms with van der Waals surface area (Å²) in [7, 11) is 0. The second-order valence-corrected chi connectivity index (χ2v) is 5.31. The summed E-state index contributed by atoms with van der Waals surface area (Å²) in [5, 5.41) is 12.3. The lowest BCUT2D eigenvalue weighted by Gasteiger charge is -2.29. The molecule has 7 heteroatoms. The average molecular weight is 284 g/mol. The van der Waals surface area contributed by atoms with Crippen LogP contribution in [-0.2, 0) is 4.74 Å². The molecule has 2 saturated heterocycles. The predicted molar refractivity (Wildman–Crippen MR) is 68.5 cm³/mol. The van der Waals surface area contributed by atoms with Gasteiger partial charge in [-0.2, -0.15) is 4.98 Å². The number of anilines is 1. The molecule has 3 heterocycles. The van der Waals surface area contributed by atoms with Gasteiger partial charge < -0.3 is 15.2 Å². The van der Waals surface area contributed by atoms with Gasteiger partial charge in [-0.25, -0.2) is 9.78 Å². The fourth-order valence-corrected chi connectivity index (χ4v) is 2.93. The number of carboxylic acids is 1. The highest BCUT2D eigenvalue weighted by atomic mass is 35.5. The number of hydrogen-bond donors (Lipinski definition) is 2. The van der Waals surface area contributed by atoms with Gasteiger partial charge in [0.1, 0.15) is 11.4 Å². The van der Waals surface area contributed by atoms with E-state index in [0.29, 0.717) is 5.82 Å². The SMILES string of the molecule is O=C(O)c1cnc(Cl)nc1NC1C[C@H]2CC[C@@H](C1)O2. The van der Waals surface area contributed by atoms with Gasteiger partial charge in [-0.15, -0.1) is 0 Å². The van der Waals surface area contributed by atoms with Gasteiger partial charge in [-0.05, 0) is 37.3 Å². The Kier molecular flexibility index (Phi) is 3.28. The van der Waals surface area contributed by atoms with E-state index >= 15 is 0 Å². The van der Waals surface area contributed by atoms with E-state index in [1.54, 1.807) is 0 Å². The van der Waals surface area contributed by atoms with Gasteiger partial charge in [0.05, 0.1) is 12.2 Å². The lowest BCUT2D eigenvalue weighted by Crippen LogP contribution is -2.34. The molecule has 2 bridgehead atoms. The van der Waals surface area contributed by atoms with Crippen molar-refractivity contribution in [2.75, 3.05) is 5.32 Å². The monoisotopic (exact) mass is 283 g/mol. The second kappa shape index (κ2) is 4.94. The van der Waals surface area contributed by atoms with Crippen molar-refractivity contribution in [1.29, 1.82) is 0 Å². The van der Waals surface area contributed by atoms with Crippen LogP contribution in [0.25, 0.3) is 0 Å². The highest BCUT2D eigenvalue weighted by molar-refractivity contribution is 6.28. The van der Waals surface area contributed by atoms with Crippen molar-refractivity contribution < 1.29 is 14.6 Å². The first-order chi connectivity index (χ1) is 9.11. The van der Waals surface area contributed by atoms with E-state index in [9.17, 15) is 4.79 Å².